The van der Waals surface area contributed by atoms with Gasteiger partial charge in [-0.25, -0.2) is 0 Å². The summed E-state index contributed by atoms with van der Waals surface area (Å²) in [6, 6.07) is 62.9. The van der Waals surface area contributed by atoms with E-state index in [2.05, 4.69) is 169 Å². The molecule has 46 heavy (non-hydrogen) atoms. The van der Waals surface area contributed by atoms with E-state index in [4.69, 9.17) is 4.42 Å². The Morgan fingerprint density at radius 3 is 1.91 bits per heavy atom. The molecule has 1 heterocycles. The van der Waals surface area contributed by atoms with Crippen LogP contribution in [0.3, 0.4) is 0 Å². The summed E-state index contributed by atoms with van der Waals surface area (Å²) in [4.78, 5) is 2.37. The van der Waals surface area contributed by atoms with Crippen LogP contribution in [0.2, 0.25) is 0 Å². The molecule has 9 rings (SSSR count). The lowest BCUT2D eigenvalue weighted by Crippen LogP contribution is -2.11. The molecule has 0 atom stereocenters. The van der Waals surface area contributed by atoms with Crippen LogP contribution in [0, 0.1) is 0 Å². The van der Waals surface area contributed by atoms with Gasteiger partial charge in [-0.15, -0.1) is 0 Å². The summed E-state index contributed by atoms with van der Waals surface area (Å²) in [5, 5.41) is 7.13. The second kappa shape index (κ2) is 10.8. The molecule has 2 heteroatoms. The zero-order chi connectivity index (χ0) is 30.5. The third-order valence-electron chi connectivity index (χ3n) is 9.02. The average Bonchev–Trinajstić information content (AvgIpc) is 3.49. The van der Waals surface area contributed by atoms with Gasteiger partial charge in [0.15, 0.2) is 0 Å². The average molecular weight is 588 g/mol. The Hall–Kier alpha value is -6.12. The second-order valence-corrected chi connectivity index (χ2v) is 11.8. The number of furan rings is 1. The normalized spacial score (nSPS) is 11.5. The molecule has 1 aromatic heterocycles. The van der Waals surface area contributed by atoms with Gasteiger partial charge in [0, 0.05) is 27.7 Å². The Balaban J connectivity index is 1.16. The molecule has 0 saturated carbocycles. The molecule has 8 aromatic carbocycles. The van der Waals surface area contributed by atoms with E-state index >= 15 is 0 Å². The van der Waals surface area contributed by atoms with Gasteiger partial charge in [-0.05, 0) is 92.8 Å². The minimum absolute atomic E-state index is 0.924. The van der Waals surface area contributed by atoms with E-state index in [0.717, 1.165) is 39.0 Å². The maximum atomic E-state index is 6.14. The van der Waals surface area contributed by atoms with Gasteiger partial charge >= 0.3 is 0 Å². The molecular weight excluding hydrogens is 558 g/mol. The van der Waals surface area contributed by atoms with E-state index in [1.54, 1.807) is 0 Å². The quantitative estimate of drug-likeness (QED) is 0.199. The van der Waals surface area contributed by atoms with Gasteiger partial charge < -0.3 is 9.32 Å². The van der Waals surface area contributed by atoms with Crippen molar-refractivity contribution in [3.05, 3.63) is 176 Å². The lowest BCUT2D eigenvalue weighted by atomic mass is 9.98. The zero-order valence-electron chi connectivity index (χ0n) is 25.1. The Bertz CT molecular complexity index is 2530. The van der Waals surface area contributed by atoms with Crippen molar-refractivity contribution in [1.82, 2.24) is 0 Å². The fourth-order valence-corrected chi connectivity index (χ4v) is 6.72. The summed E-state index contributed by atoms with van der Waals surface area (Å²) >= 11 is 0. The van der Waals surface area contributed by atoms with Crippen molar-refractivity contribution < 1.29 is 4.42 Å². The molecule has 0 amide bonds. The van der Waals surface area contributed by atoms with Crippen molar-refractivity contribution in [3.8, 4) is 22.3 Å². The fraction of sp³-hybridized carbons (Fsp3) is 0. The number of hydrogen-bond acceptors (Lipinski definition) is 2. The van der Waals surface area contributed by atoms with Crippen LogP contribution in [0.25, 0.3) is 65.7 Å². The summed E-state index contributed by atoms with van der Waals surface area (Å²) in [5.74, 6) is 0. The molecule has 0 radical (unpaired) electrons. The van der Waals surface area contributed by atoms with E-state index in [0.29, 0.717) is 0 Å². The molecule has 0 aliphatic rings. The first-order valence-corrected chi connectivity index (χ1v) is 15.7. The summed E-state index contributed by atoms with van der Waals surface area (Å²) in [5.41, 5.74) is 9.96. The molecule has 0 fully saturated rings. The molecule has 216 valence electrons. The topological polar surface area (TPSA) is 16.4 Å². The molecule has 9 aromatic rings. The van der Waals surface area contributed by atoms with Crippen molar-refractivity contribution in [1.29, 1.82) is 0 Å². The molecule has 0 aliphatic heterocycles. The lowest BCUT2D eigenvalue weighted by Gasteiger charge is -2.28. The molecule has 0 saturated heterocycles. The Morgan fingerprint density at radius 1 is 0.348 bits per heavy atom. The molecule has 0 bridgehead atoms. The first-order chi connectivity index (χ1) is 22.8. The Morgan fingerprint density at radius 2 is 1.02 bits per heavy atom. The van der Waals surface area contributed by atoms with Gasteiger partial charge in [-0.3, -0.25) is 0 Å². The van der Waals surface area contributed by atoms with Crippen molar-refractivity contribution >= 4 is 60.5 Å². The maximum absolute atomic E-state index is 6.14. The third-order valence-corrected chi connectivity index (χ3v) is 9.02. The van der Waals surface area contributed by atoms with Gasteiger partial charge in [0.1, 0.15) is 11.2 Å². The van der Waals surface area contributed by atoms with Crippen molar-refractivity contribution in [3.63, 3.8) is 0 Å². The van der Waals surface area contributed by atoms with Crippen LogP contribution in [0.15, 0.2) is 180 Å². The van der Waals surface area contributed by atoms with Crippen LogP contribution in [-0.4, -0.2) is 0 Å². The smallest absolute Gasteiger partial charge is 0.136 e. The standard InChI is InChI=1S/C44H29NO/c1-2-11-32(12-3-1)39-14-6-8-16-42(39)45(38-25-22-30-10-4-5-13-33(30)27-38)37-23-20-31(21-24-37)34-18-19-35-29-44-41(28-36(35)26-34)40-15-7-9-17-43(40)46-44/h1-29H. The molecule has 0 spiro atoms. The van der Waals surface area contributed by atoms with Gasteiger partial charge in [0.25, 0.3) is 0 Å². The van der Waals surface area contributed by atoms with Crippen LogP contribution < -0.4 is 4.90 Å². The third kappa shape index (κ3) is 4.51. The number of fused-ring (bicyclic) bond motifs is 5. The van der Waals surface area contributed by atoms with E-state index in [9.17, 15) is 0 Å². The number of hydrogen-bond donors (Lipinski definition) is 0. The first kappa shape index (κ1) is 26.3. The minimum atomic E-state index is 0.924. The van der Waals surface area contributed by atoms with E-state index < -0.39 is 0 Å². The molecule has 0 aliphatic carbocycles. The summed E-state index contributed by atoms with van der Waals surface area (Å²) < 4.78 is 6.14. The number of para-hydroxylation sites is 2. The predicted octanol–water partition coefficient (Wildman–Crippen LogP) is 12.7. The number of nitrogens with zero attached hydrogens (tertiary/aromatic N) is 1. The highest BCUT2D eigenvalue weighted by Gasteiger charge is 2.18. The fourth-order valence-electron chi connectivity index (χ4n) is 6.72. The summed E-state index contributed by atoms with van der Waals surface area (Å²) in [6.07, 6.45) is 0. The lowest BCUT2D eigenvalue weighted by molar-refractivity contribution is 0.669. The van der Waals surface area contributed by atoms with E-state index in [1.165, 1.54) is 43.8 Å². The molecular formula is C44H29NO. The zero-order valence-corrected chi connectivity index (χ0v) is 25.1. The summed E-state index contributed by atoms with van der Waals surface area (Å²) in [7, 11) is 0. The molecule has 0 unspecified atom stereocenters. The highest BCUT2D eigenvalue weighted by molar-refractivity contribution is 6.10. The van der Waals surface area contributed by atoms with Gasteiger partial charge in [0.05, 0.1) is 5.69 Å². The van der Waals surface area contributed by atoms with Crippen LogP contribution in [0.1, 0.15) is 0 Å². The van der Waals surface area contributed by atoms with Crippen LogP contribution in [0.5, 0.6) is 0 Å². The highest BCUT2D eigenvalue weighted by atomic mass is 16.3. The van der Waals surface area contributed by atoms with E-state index in [1.807, 2.05) is 12.1 Å². The minimum Gasteiger partial charge on any atom is -0.456 e. The Labute approximate surface area is 267 Å². The van der Waals surface area contributed by atoms with Crippen molar-refractivity contribution in [2.24, 2.45) is 0 Å². The van der Waals surface area contributed by atoms with Gasteiger partial charge in [-0.2, -0.15) is 0 Å². The van der Waals surface area contributed by atoms with Gasteiger partial charge in [-0.1, -0.05) is 121 Å². The largest absolute Gasteiger partial charge is 0.456 e. The number of benzene rings is 8. The van der Waals surface area contributed by atoms with Crippen molar-refractivity contribution in [2.45, 2.75) is 0 Å². The predicted molar refractivity (Wildman–Crippen MR) is 194 cm³/mol. The maximum Gasteiger partial charge on any atom is 0.136 e. The highest BCUT2D eigenvalue weighted by Crippen LogP contribution is 2.42. The van der Waals surface area contributed by atoms with Gasteiger partial charge in [0.2, 0.25) is 0 Å². The van der Waals surface area contributed by atoms with Crippen LogP contribution in [-0.2, 0) is 0 Å². The van der Waals surface area contributed by atoms with Crippen molar-refractivity contribution in [2.75, 3.05) is 4.90 Å². The van der Waals surface area contributed by atoms with Crippen LogP contribution in [0.4, 0.5) is 17.1 Å². The first-order valence-electron chi connectivity index (χ1n) is 15.7. The van der Waals surface area contributed by atoms with E-state index in [-0.39, 0.29) is 0 Å². The molecule has 2 nitrogen and oxygen atoms in total. The second-order valence-electron chi connectivity index (χ2n) is 11.8. The summed E-state index contributed by atoms with van der Waals surface area (Å²) in [6.45, 7) is 0. The number of rotatable bonds is 5. The van der Waals surface area contributed by atoms with Crippen LogP contribution >= 0.6 is 0 Å². The SMILES string of the molecule is c1ccc(-c2ccccc2N(c2ccc(-c3ccc4cc5oc6ccccc6c5cc4c3)cc2)c2ccc3ccccc3c2)cc1. The molecule has 0 N–H and O–H groups in total. The monoisotopic (exact) mass is 587 g/mol. The number of anilines is 3. The Kier molecular flexibility index (Phi) is 6.17.